The van der Waals surface area contributed by atoms with Crippen LogP contribution in [0.1, 0.15) is 0 Å². The first-order valence-electron chi connectivity index (χ1n) is 3.89. The molecule has 13 heavy (non-hydrogen) atoms. The SMILES string of the molecule is O=CNCCOc1ccccc1F. The topological polar surface area (TPSA) is 38.3 Å². The number of hydrogen-bond acceptors (Lipinski definition) is 2. The Labute approximate surface area is 75.5 Å². The lowest BCUT2D eigenvalue weighted by Gasteiger charge is -2.05. The Kier molecular flexibility index (Phi) is 3.75. The molecule has 0 bridgehead atoms. The van der Waals surface area contributed by atoms with E-state index >= 15 is 0 Å². The van der Waals surface area contributed by atoms with Crippen LogP contribution in [-0.4, -0.2) is 19.6 Å². The first kappa shape index (κ1) is 9.51. The lowest BCUT2D eigenvalue weighted by atomic mass is 10.3. The second-order valence-corrected chi connectivity index (χ2v) is 2.35. The van der Waals surface area contributed by atoms with Gasteiger partial charge in [0.05, 0.1) is 6.54 Å². The summed E-state index contributed by atoms with van der Waals surface area (Å²) in [5, 5.41) is 2.41. The molecule has 0 heterocycles. The van der Waals surface area contributed by atoms with Gasteiger partial charge in [-0.05, 0) is 12.1 Å². The molecule has 0 unspecified atom stereocenters. The van der Waals surface area contributed by atoms with Gasteiger partial charge in [0.25, 0.3) is 0 Å². The zero-order valence-electron chi connectivity index (χ0n) is 7.00. The summed E-state index contributed by atoms with van der Waals surface area (Å²) in [5.41, 5.74) is 0. The fraction of sp³-hybridized carbons (Fsp3) is 0.222. The Morgan fingerprint density at radius 1 is 1.46 bits per heavy atom. The smallest absolute Gasteiger partial charge is 0.207 e. The number of benzene rings is 1. The van der Waals surface area contributed by atoms with Crippen LogP contribution >= 0.6 is 0 Å². The van der Waals surface area contributed by atoms with Crippen LogP contribution in [-0.2, 0) is 4.79 Å². The molecule has 1 aromatic rings. The van der Waals surface area contributed by atoms with E-state index in [0.717, 1.165) is 0 Å². The minimum Gasteiger partial charge on any atom is -0.489 e. The Bertz CT molecular complexity index is 278. The van der Waals surface area contributed by atoms with E-state index in [9.17, 15) is 9.18 Å². The van der Waals surface area contributed by atoms with Crippen molar-refractivity contribution in [1.29, 1.82) is 0 Å². The molecule has 70 valence electrons. The second-order valence-electron chi connectivity index (χ2n) is 2.35. The lowest BCUT2D eigenvalue weighted by molar-refractivity contribution is -0.109. The van der Waals surface area contributed by atoms with Crippen LogP contribution in [0.15, 0.2) is 24.3 Å². The molecule has 3 nitrogen and oxygen atoms in total. The molecule has 0 aliphatic rings. The molecule has 1 amide bonds. The summed E-state index contributed by atoms with van der Waals surface area (Å²) in [7, 11) is 0. The molecule has 0 saturated heterocycles. The van der Waals surface area contributed by atoms with Gasteiger partial charge in [-0.25, -0.2) is 4.39 Å². The molecule has 1 rings (SSSR count). The summed E-state index contributed by atoms with van der Waals surface area (Å²) < 4.78 is 17.9. The molecule has 1 aromatic carbocycles. The van der Waals surface area contributed by atoms with Crippen molar-refractivity contribution < 1.29 is 13.9 Å². The fourth-order valence-electron chi connectivity index (χ4n) is 0.841. The molecule has 0 spiro atoms. The summed E-state index contributed by atoms with van der Waals surface area (Å²) in [5.74, 6) is -0.191. The van der Waals surface area contributed by atoms with Gasteiger partial charge in [0, 0.05) is 0 Å². The molecule has 0 atom stereocenters. The predicted octanol–water partition coefficient (Wildman–Crippen LogP) is 0.950. The highest BCUT2D eigenvalue weighted by molar-refractivity contribution is 5.45. The van der Waals surface area contributed by atoms with Gasteiger partial charge in [0.15, 0.2) is 11.6 Å². The van der Waals surface area contributed by atoms with Gasteiger partial charge in [-0.1, -0.05) is 12.1 Å². The number of para-hydroxylation sites is 1. The summed E-state index contributed by atoms with van der Waals surface area (Å²) in [6.45, 7) is 0.636. The highest BCUT2D eigenvalue weighted by Gasteiger charge is 1.99. The quantitative estimate of drug-likeness (QED) is 0.545. The molecule has 0 aliphatic heterocycles. The number of hydrogen-bond donors (Lipinski definition) is 1. The highest BCUT2D eigenvalue weighted by atomic mass is 19.1. The zero-order valence-corrected chi connectivity index (χ0v) is 7.00. The van der Waals surface area contributed by atoms with Gasteiger partial charge in [-0.3, -0.25) is 4.79 Å². The fourth-order valence-corrected chi connectivity index (χ4v) is 0.841. The van der Waals surface area contributed by atoms with Crippen LogP contribution in [0.3, 0.4) is 0 Å². The molecule has 4 heteroatoms. The minimum atomic E-state index is -0.395. The molecular weight excluding hydrogens is 173 g/mol. The largest absolute Gasteiger partial charge is 0.489 e. The molecule has 1 N–H and O–H groups in total. The summed E-state index contributed by atoms with van der Waals surface area (Å²) in [6.07, 6.45) is 0.574. The summed E-state index contributed by atoms with van der Waals surface area (Å²) in [4.78, 5) is 9.84. The van der Waals surface area contributed by atoms with Gasteiger partial charge < -0.3 is 10.1 Å². The number of amides is 1. The maximum absolute atomic E-state index is 12.9. The van der Waals surface area contributed by atoms with Crippen molar-refractivity contribution in [2.75, 3.05) is 13.2 Å². The Morgan fingerprint density at radius 2 is 2.23 bits per heavy atom. The molecule has 0 fully saturated rings. The normalized spacial score (nSPS) is 9.31. The number of halogens is 1. The predicted molar refractivity (Wildman–Crippen MR) is 46.0 cm³/mol. The number of carbonyl (C=O) groups excluding carboxylic acids is 1. The molecule has 0 radical (unpaired) electrons. The van der Waals surface area contributed by atoms with E-state index in [1.807, 2.05) is 0 Å². The summed E-state index contributed by atoms with van der Waals surface area (Å²) >= 11 is 0. The average molecular weight is 183 g/mol. The summed E-state index contributed by atoms with van der Waals surface area (Å²) in [6, 6.07) is 6.14. The highest BCUT2D eigenvalue weighted by Crippen LogP contribution is 2.14. The zero-order chi connectivity index (χ0) is 9.52. The van der Waals surface area contributed by atoms with Crippen LogP contribution in [0.25, 0.3) is 0 Å². The maximum Gasteiger partial charge on any atom is 0.207 e. The van der Waals surface area contributed by atoms with E-state index < -0.39 is 5.82 Å². The third kappa shape index (κ3) is 3.11. The van der Waals surface area contributed by atoms with Gasteiger partial charge >= 0.3 is 0 Å². The van der Waals surface area contributed by atoms with Crippen molar-refractivity contribution in [3.8, 4) is 5.75 Å². The molecule has 0 aliphatic carbocycles. The van der Waals surface area contributed by atoms with Crippen molar-refractivity contribution in [3.63, 3.8) is 0 Å². The number of nitrogens with one attached hydrogen (secondary N) is 1. The Balaban J connectivity index is 2.36. The van der Waals surface area contributed by atoms with Crippen molar-refractivity contribution in [1.82, 2.24) is 5.32 Å². The van der Waals surface area contributed by atoms with E-state index in [-0.39, 0.29) is 12.4 Å². The lowest BCUT2D eigenvalue weighted by Crippen LogP contribution is -2.19. The van der Waals surface area contributed by atoms with E-state index in [1.165, 1.54) is 12.1 Å². The average Bonchev–Trinajstić information content (AvgIpc) is 2.15. The van der Waals surface area contributed by atoms with E-state index in [1.54, 1.807) is 12.1 Å². The Hall–Kier alpha value is -1.58. The van der Waals surface area contributed by atoms with Gasteiger partial charge in [0.1, 0.15) is 6.61 Å². The standard InChI is InChI=1S/C9H10FNO2/c10-8-3-1-2-4-9(8)13-6-5-11-7-12/h1-4,7H,5-6H2,(H,11,12). The van der Waals surface area contributed by atoms with Gasteiger partial charge in [-0.15, -0.1) is 0 Å². The van der Waals surface area contributed by atoms with Crippen molar-refractivity contribution in [2.45, 2.75) is 0 Å². The third-order valence-corrected chi connectivity index (χ3v) is 1.42. The molecule has 0 aromatic heterocycles. The monoisotopic (exact) mass is 183 g/mol. The first-order valence-corrected chi connectivity index (χ1v) is 3.89. The van der Waals surface area contributed by atoms with Crippen molar-refractivity contribution in [2.24, 2.45) is 0 Å². The number of ether oxygens (including phenoxy) is 1. The minimum absolute atomic E-state index is 0.204. The van der Waals surface area contributed by atoms with Gasteiger partial charge in [-0.2, -0.15) is 0 Å². The van der Waals surface area contributed by atoms with Crippen molar-refractivity contribution in [3.05, 3.63) is 30.1 Å². The van der Waals surface area contributed by atoms with E-state index in [4.69, 9.17) is 4.74 Å². The van der Waals surface area contributed by atoms with E-state index in [2.05, 4.69) is 5.32 Å². The third-order valence-electron chi connectivity index (χ3n) is 1.42. The van der Waals surface area contributed by atoms with Gasteiger partial charge in [0.2, 0.25) is 6.41 Å². The number of rotatable bonds is 5. The van der Waals surface area contributed by atoms with Crippen LogP contribution in [0.4, 0.5) is 4.39 Å². The van der Waals surface area contributed by atoms with E-state index in [0.29, 0.717) is 13.0 Å². The van der Waals surface area contributed by atoms with Crippen LogP contribution in [0.2, 0.25) is 0 Å². The van der Waals surface area contributed by atoms with Crippen LogP contribution in [0.5, 0.6) is 5.75 Å². The molecular formula is C9H10FNO2. The molecule has 0 saturated carbocycles. The van der Waals surface area contributed by atoms with Crippen LogP contribution in [0, 0.1) is 5.82 Å². The Morgan fingerprint density at radius 3 is 2.92 bits per heavy atom. The number of carbonyl (C=O) groups is 1. The second kappa shape index (κ2) is 5.13. The maximum atomic E-state index is 12.9. The van der Waals surface area contributed by atoms with Crippen LogP contribution < -0.4 is 10.1 Å². The first-order chi connectivity index (χ1) is 6.34. The van der Waals surface area contributed by atoms with Crippen molar-refractivity contribution >= 4 is 6.41 Å².